The van der Waals surface area contributed by atoms with Gasteiger partial charge < -0.3 is 9.80 Å². The molecular weight excluding hydrogens is 292 g/mol. The van der Waals surface area contributed by atoms with Crippen molar-refractivity contribution in [2.75, 3.05) is 38.0 Å². The van der Waals surface area contributed by atoms with Crippen molar-refractivity contribution in [3.8, 4) is 0 Å². The van der Waals surface area contributed by atoms with Crippen LogP contribution < -0.4 is 9.80 Å². The Kier molecular flexibility index (Phi) is 4.94. The van der Waals surface area contributed by atoms with Crippen molar-refractivity contribution in [2.24, 2.45) is 0 Å². The van der Waals surface area contributed by atoms with E-state index in [4.69, 9.17) is 0 Å². The molecule has 0 unspecified atom stereocenters. The first-order valence-corrected chi connectivity index (χ1v) is 8.84. The zero-order chi connectivity index (χ0) is 17.1. The van der Waals surface area contributed by atoms with Crippen LogP contribution in [0.1, 0.15) is 36.8 Å². The average molecular weight is 320 g/mol. The molecule has 1 aliphatic carbocycles. The Morgan fingerprint density at radius 1 is 0.625 bits per heavy atom. The number of rotatable bonds is 4. The van der Waals surface area contributed by atoms with Gasteiger partial charge in [0.05, 0.1) is 0 Å². The lowest BCUT2D eigenvalue weighted by atomic mass is 9.92. The molecule has 2 nitrogen and oxygen atoms in total. The summed E-state index contributed by atoms with van der Waals surface area (Å²) in [6, 6.07) is 18.0. The molecule has 0 heterocycles. The maximum absolute atomic E-state index is 2.27. The molecule has 1 saturated carbocycles. The minimum absolute atomic E-state index is 1.24. The van der Waals surface area contributed by atoms with Crippen LogP contribution in [-0.4, -0.2) is 28.2 Å². The molecule has 0 saturated heterocycles. The van der Waals surface area contributed by atoms with Crippen molar-refractivity contribution in [1.29, 1.82) is 0 Å². The van der Waals surface area contributed by atoms with E-state index in [1.54, 1.807) is 5.57 Å². The summed E-state index contributed by atoms with van der Waals surface area (Å²) in [5.41, 5.74) is 8.24. The summed E-state index contributed by atoms with van der Waals surface area (Å²) >= 11 is 0. The van der Waals surface area contributed by atoms with E-state index in [2.05, 4.69) is 86.5 Å². The quantitative estimate of drug-likeness (QED) is 0.764. The normalized spacial score (nSPS) is 13.9. The molecule has 24 heavy (non-hydrogen) atoms. The van der Waals surface area contributed by atoms with Crippen LogP contribution in [-0.2, 0) is 0 Å². The van der Waals surface area contributed by atoms with Gasteiger partial charge in [-0.05, 0) is 66.6 Å². The van der Waals surface area contributed by atoms with E-state index >= 15 is 0 Å². The minimum atomic E-state index is 1.24. The van der Waals surface area contributed by atoms with Gasteiger partial charge in [-0.15, -0.1) is 0 Å². The third kappa shape index (κ3) is 3.48. The fraction of sp³-hybridized carbons (Fsp3) is 0.364. The summed E-state index contributed by atoms with van der Waals surface area (Å²) in [7, 11) is 8.35. The van der Waals surface area contributed by atoms with E-state index in [1.807, 2.05) is 0 Å². The van der Waals surface area contributed by atoms with E-state index in [9.17, 15) is 0 Å². The first-order chi connectivity index (χ1) is 11.6. The largest absolute Gasteiger partial charge is 0.378 e. The first kappa shape index (κ1) is 16.6. The summed E-state index contributed by atoms with van der Waals surface area (Å²) in [4.78, 5) is 4.30. The third-order valence-electron chi connectivity index (χ3n) is 4.91. The summed E-state index contributed by atoms with van der Waals surface area (Å²) < 4.78 is 0. The molecule has 0 amide bonds. The summed E-state index contributed by atoms with van der Waals surface area (Å²) in [6.45, 7) is 0. The van der Waals surface area contributed by atoms with Gasteiger partial charge in [0.15, 0.2) is 0 Å². The Balaban J connectivity index is 2.03. The molecule has 0 N–H and O–H groups in total. The van der Waals surface area contributed by atoms with Crippen LogP contribution in [0.2, 0.25) is 0 Å². The van der Waals surface area contributed by atoms with Crippen LogP contribution in [0.3, 0.4) is 0 Å². The predicted octanol–water partition coefficient (Wildman–Crippen LogP) is 5.19. The second-order valence-corrected chi connectivity index (χ2v) is 7.07. The van der Waals surface area contributed by atoms with Crippen LogP contribution in [0.4, 0.5) is 11.4 Å². The zero-order valence-electron chi connectivity index (χ0n) is 15.3. The van der Waals surface area contributed by atoms with Crippen molar-refractivity contribution in [2.45, 2.75) is 25.7 Å². The van der Waals surface area contributed by atoms with Crippen LogP contribution in [0.25, 0.3) is 5.57 Å². The summed E-state index contributed by atoms with van der Waals surface area (Å²) in [6.07, 6.45) is 5.12. The number of allylic oxidation sites excluding steroid dienone is 1. The highest BCUT2D eigenvalue weighted by atomic mass is 15.1. The van der Waals surface area contributed by atoms with Gasteiger partial charge in [0, 0.05) is 39.6 Å². The Hall–Kier alpha value is -2.22. The second-order valence-electron chi connectivity index (χ2n) is 7.07. The van der Waals surface area contributed by atoms with Gasteiger partial charge in [-0.25, -0.2) is 0 Å². The second kappa shape index (κ2) is 7.12. The molecule has 126 valence electrons. The molecule has 1 fully saturated rings. The van der Waals surface area contributed by atoms with E-state index in [-0.39, 0.29) is 0 Å². The third-order valence-corrected chi connectivity index (χ3v) is 4.91. The summed E-state index contributed by atoms with van der Waals surface area (Å²) in [5, 5.41) is 0. The van der Waals surface area contributed by atoms with Crippen molar-refractivity contribution < 1.29 is 0 Å². The maximum atomic E-state index is 2.27. The lowest BCUT2D eigenvalue weighted by molar-refractivity contribution is 0.886. The first-order valence-electron chi connectivity index (χ1n) is 8.84. The highest BCUT2D eigenvalue weighted by Crippen LogP contribution is 2.36. The number of nitrogens with zero attached hydrogens (tertiary/aromatic N) is 2. The highest BCUT2D eigenvalue weighted by molar-refractivity contribution is 5.83. The molecule has 0 aromatic heterocycles. The van der Waals surface area contributed by atoms with Crippen LogP contribution in [0.5, 0.6) is 0 Å². The number of hydrogen-bond acceptors (Lipinski definition) is 2. The Morgan fingerprint density at radius 2 is 1.00 bits per heavy atom. The van der Waals surface area contributed by atoms with E-state index < -0.39 is 0 Å². The van der Waals surface area contributed by atoms with E-state index in [1.165, 1.54) is 53.8 Å². The van der Waals surface area contributed by atoms with Gasteiger partial charge in [-0.2, -0.15) is 0 Å². The smallest absolute Gasteiger partial charge is 0.0361 e. The van der Waals surface area contributed by atoms with Gasteiger partial charge >= 0.3 is 0 Å². The topological polar surface area (TPSA) is 6.48 Å². The van der Waals surface area contributed by atoms with Crippen molar-refractivity contribution in [1.82, 2.24) is 0 Å². The monoisotopic (exact) mass is 320 g/mol. The van der Waals surface area contributed by atoms with Crippen molar-refractivity contribution in [3.63, 3.8) is 0 Å². The lowest BCUT2D eigenvalue weighted by Crippen LogP contribution is -2.08. The van der Waals surface area contributed by atoms with Crippen molar-refractivity contribution in [3.05, 3.63) is 65.2 Å². The van der Waals surface area contributed by atoms with Gasteiger partial charge in [-0.3, -0.25) is 0 Å². The summed E-state index contributed by atoms with van der Waals surface area (Å²) in [5.74, 6) is 0. The van der Waals surface area contributed by atoms with Crippen molar-refractivity contribution >= 4 is 16.9 Å². The van der Waals surface area contributed by atoms with Crippen LogP contribution in [0.15, 0.2) is 54.1 Å². The zero-order valence-corrected chi connectivity index (χ0v) is 15.3. The molecule has 2 aromatic carbocycles. The molecule has 0 aliphatic heterocycles. The SMILES string of the molecule is CN(C)c1ccc(C(=C2CCCC2)c2ccc(N(C)C)cc2)cc1. The van der Waals surface area contributed by atoms with Crippen LogP contribution >= 0.6 is 0 Å². The molecule has 3 rings (SSSR count). The Bertz CT molecular complexity index is 645. The fourth-order valence-electron chi connectivity index (χ4n) is 3.48. The molecule has 0 atom stereocenters. The molecule has 1 aliphatic rings. The van der Waals surface area contributed by atoms with Gasteiger partial charge in [0.25, 0.3) is 0 Å². The molecule has 0 spiro atoms. The number of anilines is 2. The standard InChI is InChI=1S/C22H28N2/c1-23(2)20-13-9-18(10-14-20)22(17-7-5-6-8-17)19-11-15-21(16-12-19)24(3)4/h9-16H,5-8H2,1-4H3. The van der Waals surface area contributed by atoms with E-state index in [0.29, 0.717) is 0 Å². The highest BCUT2D eigenvalue weighted by Gasteiger charge is 2.16. The van der Waals surface area contributed by atoms with Gasteiger partial charge in [-0.1, -0.05) is 29.8 Å². The minimum Gasteiger partial charge on any atom is -0.378 e. The van der Waals surface area contributed by atoms with E-state index in [0.717, 1.165) is 0 Å². The van der Waals surface area contributed by atoms with Gasteiger partial charge in [0.1, 0.15) is 0 Å². The molecule has 2 heteroatoms. The fourth-order valence-corrected chi connectivity index (χ4v) is 3.48. The molecule has 0 radical (unpaired) electrons. The number of hydrogen-bond donors (Lipinski definition) is 0. The molecule has 2 aromatic rings. The average Bonchev–Trinajstić information content (AvgIpc) is 3.10. The Labute approximate surface area is 146 Å². The lowest BCUT2D eigenvalue weighted by Gasteiger charge is -2.17. The maximum Gasteiger partial charge on any atom is 0.0361 e. The Morgan fingerprint density at radius 3 is 1.33 bits per heavy atom. The molecular formula is C22H28N2. The van der Waals surface area contributed by atoms with Crippen LogP contribution in [0, 0.1) is 0 Å². The molecule has 0 bridgehead atoms. The number of benzene rings is 2. The predicted molar refractivity (Wildman–Crippen MR) is 106 cm³/mol. The van der Waals surface area contributed by atoms with Gasteiger partial charge in [0.2, 0.25) is 0 Å².